The van der Waals surface area contributed by atoms with Crippen LogP contribution in [-0.4, -0.2) is 43.6 Å². The normalized spacial score (nSPS) is 25.2. The third-order valence-electron chi connectivity index (χ3n) is 5.87. The van der Waals surface area contributed by atoms with Gasteiger partial charge in [0.05, 0.1) is 29.5 Å². The van der Waals surface area contributed by atoms with Crippen LogP contribution in [-0.2, 0) is 16.5 Å². The Morgan fingerprint density at radius 1 is 1.28 bits per heavy atom. The molecule has 32 heavy (non-hydrogen) atoms. The highest BCUT2D eigenvalue weighted by Crippen LogP contribution is 2.43. The topological polar surface area (TPSA) is 91.9 Å². The summed E-state index contributed by atoms with van der Waals surface area (Å²) in [7, 11) is 0. The van der Waals surface area contributed by atoms with Crippen molar-refractivity contribution in [2.24, 2.45) is 0 Å². The van der Waals surface area contributed by atoms with Gasteiger partial charge in [-0.25, -0.2) is 13.9 Å². The first-order valence-electron chi connectivity index (χ1n) is 9.88. The van der Waals surface area contributed by atoms with E-state index in [1.54, 1.807) is 12.4 Å². The van der Waals surface area contributed by atoms with Gasteiger partial charge in [-0.15, -0.1) is 0 Å². The van der Waals surface area contributed by atoms with Crippen molar-refractivity contribution in [3.8, 4) is 0 Å². The van der Waals surface area contributed by atoms with Crippen molar-refractivity contribution in [2.45, 2.75) is 43.8 Å². The molecule has 3 atom stereocenters. The number of aliphatic hydroxyl groups excluding tert-OH is 1. The quantitative estimate of drug-likeness (QED) is 0.415. The number of aromatic nitrogens is 3. The van der Waals surface area contributed by atoms with Crippen LogP contribution in [0, 0.1) is 12.7 Å². The van der Waals surface area contributed by atoms with Crippen molar-refractivity contribution in [1.29, 1.82) is 0 Å². The van der Waals surface area contributed by atoms with Crippen LogP contribution in [0.4, 0.5) is 17.6 Å². The molecule has 1 fully saturated rings. The number of aliphatic hydroxyl groups is 2. The van der Waals surface area contributed by atoms with E-state index in [9.17, 15) is 23.4 Å². The highest BCUT2D eigenvalue weighted by molar-refractivity contribution is 5.48. The minimum atomic E-state index is -4.72. The lowest BCUT2D eigenvalue weighted by atomic mass is 9.71. The summed E-state index contributed by atoms with van der Waals surface area (Å²) in [5, 5.41) is 29.2. The Hall–Kier alpha value is -2.60. The standard InChI is InChI=1S/C21H22F4N4O3/c1-12-8-26-17-14(9-27-29(17)10-12)18(30)28-20(5-6-32-11-19(20,2)31)15-4-3-13(7-16(15)22)21(23,24)25/h3-4,7-10,18,28,30-31H,5-6,11H2,1-2H3. The molecular weight excluding hydrogens is 432 g/mol. The summed E-state index contributed by atoms with van der Waals surface area (Å²) in [6.07, 6.45) is -1.53. The van der Waals surface area contributed by atoms with Crippen molar-refractivity contribution in [3.63, 3.8) is 0 Å². The Kier molecular flexibility index (Phi) is 5.48. The summed E-state index contributed by atoms with van der Waals surface area (Å²) < 4.78 is 61.0. The van der Waals surface area contributed by atoms with Crippen molar-refractivity contribution in [2.75, 3.05) is 13.2 Å². The largest absolute Gasteiger partial charge is 0.416 e. The summed E-state index contributed by atoms with van der Waals surface area (Å²) in [4.78, 5) is 4.26. The van der Waals surface area contributed by atoms with Gasteiger partial charge in [0.25, 0.3) is 0 Å². The zero-order chi connectivity index (χ0) is 23.3. The lowest BCUT2D eigenvalue weighted by Crippen LogP contribution is -2.64. The monoisotopic (exact) mass is 454 g/mol. The Labute approximate surface area is 180 Å². The van der Waals surface area contributed by atoms with Crippen molar-refractivity contribution >= 4 is 5.65 Å². The first-order chi connectivity index (χ1) is 14.9. The number of rotatable bonds is 4. The highest BCUT2D eigenvalue weighted by atomic mass is 19.4. The highest BCUT2D eigenvalue weighted by Gasteiger charge is 2.53. The number of halogens is 4. The van der Waals surface area contributed by atoms with Gasteiger partial charge in [0, 0.05) is 24.6 Å². The van der Waals surface area contributed by atoms with Gasteiger partial charge < -0.3 is 14.9 Å². The van der Waals surface area contributed by atoms with Gasteiger partial charge in [-0.2, -0.15) is 18.3 Å². The molecule has 0 radical (unpaired) electrons. The fourth-order valence-electron chi connectivity index (χ4n) is 4.15. The molecule has 2 aromatic heterocycles. The molecule has 3 unspecified atom stereocenters. The van der Waals surface area contributed by atoms with Crippen LogP contribution in [0.1, 0.15) is 41.8 Å². The number of hydrogen-bond acceptors (Lipinski definition) is 6. The molecule has 0 aliphatic carbocycles. The molecule has 3 N–H and O–H groups in total. The number of hydrogen-bond donors (Lipinski definition) is 3. The second-order valence-electron chi connectivity index (χ2n) is 8.22. The Bertz CT molecular complexity index is 1150. The molecule has 0 spiro atoms. The zero-order valence-corrected chi connectivity index (χ0v) is 17.3. The molecule has 0 saturated carbocycles. The maximum Gasteiger partial charge on any atom is 0.416 e. The predicted octanol–water partition coefficient (Wildman–Crippen LogP) is 2.84. The minimum absolute atomic E-state index is 0.00884. The van der Waals surface area contributed by atoms with Crippen molar-refractivity contribution in [1.82, 2.24) is 19.9 Å². The van der Waals surface area contributed by atoms with E-state index in [0.29, 0.717) is 11.7 Å². The van der Waals surface area contributed by atoms with E-state index in [2.05, 4.69) is 15.4 Å². The fraction of sp³-hybridized carbons (Fsp3) is 0.429. The first-order valence-corrected chi connectivity index (χ1v) is 9.88. The van der Waals surface area contributed by atoms with Crippen LogP contribution in [0.3, 0.4) is 0 Å². The average molecular weight is 454 g/mol. The molecule has 0 bridgehead atoms. The third kappa shape index (κ3) is 3.75. The number of ether oxygens (including phenoxy) is 1. The SMILES string of the molecule is Cc1cnc2c(C(O)NC3(c4ccc(C(F)(F)F)cc4F)CCOCC3(C)O)cnn2c1. The lowest BCUT2D eigenvalue weighted by molar-refractivity contribution is -0.156. The van der Waals surface area contributed by atoms with Crippen LogP contribution in [0.15, 0.2) is 36.8 Å². The summed E-state index contributed by atoms with van der Waals surface area (Å²) in [5.41, 5.74) is -3.34. The second-order valence-corrected chi connectivity index (χ2v) is 8.22. The Morgan fingerprint density at radius 3 is 2.69 bits per heavy atom. The van der Waals surface area contributed by atoms with Crippen LogP contribution in [0.5, 0.6) is 0 Å². The van der Waals surface area contributed by atoms with Crippen LogP contribution >= 0.6 is 0 Å². The Morgan fingerprint density at radius 2 is 2.03 bits per heavy atom. The van der Waals surface area contributed by atoms with Gasteiger partial charge in [-0.1, -0.05) is 6.07 Å². The molecule has 172 valence electrons. The summed E-state index contributed by atoms with van der Waals surface area (Å²) in [5.74, 6) is -1.16. The molecule has 11 heteroatoms. The van der Waals surface area contributed by atoms with Crippen LogP contribution < -0.4 is 5.32 Å². The molecule has 7 nitrogen and oxygen atoms in total. The van der Waals surface area contributed by atoms with Crippen LogP contribution in [0.2, 0.25) is 0 Å². The van der Waals surface area contributed by atoms with E-state index >= 15 is 4.39 Å². The Balaban J connectivity index is 1.79. The van der Waals surface area contributed by atoms with E-state index in [1.807, 2.05) is 6.92 Å². The summed E-state index contributed by atoms with van der Waals surface area (Å²) >= 11 is 0. The van der Waals surface area contributed by atoms with E-state index in [4.69, 9.17) is 4.74 Å². The minimum Gasteiger partial charge on any atom is -0.385 e. The van der Waals surface area contributed by atoms with E-state index < -0.39 is 34.9 Å². The second kappa shape index (κ2) is 7.77. The van der Waals surface area contributed by atoms with E-state index in [1.165, 1.54) is 17.6 Å². The number of benzene rings is 1. The zero-order valence-electron chi connectivity index (χ0n) is 17.3. The number of fused-ring (bicyclic) bond motifs is 1. The number of aryl methyl sites for hydroxylation is 1. The van der Waals surface area contributed by atoms with Gasteiger partial charge in [0.1, 0.15) is 17.6 Å². The molecule has 1 saturated heterocycles. The average Bonchev–Trinajstić information content (AvgIpc) is 3.12. The number of nitrogens with zero attached hydrogens (tertiary/aromatic N) is 3. The maximum atomic E-state index is 15.0. The molecule has 1 aliphatic heterocycles. The maximum absolute atomic E-state index is 15.0. The fourth-order valence-corrected chi connectivity index (χ4v) is 4.15. The molecule has 0 amide bonds. The lowest BCUT2D eigenvalue weighted by Gasteiger charge is -2.50. The van der Waals surface area contributed by atoms with E-state index in [-0.39, 0.29) is 30.8 Å². The van der Waals surface area contributed by atoms with Gasteiger partial charge in [-0.3, -0.25) is 5.32 Å². The van der Waals surface area contributed by atoms with Gasteiger partial charge >= 0.3 is 6.18 Å². The molecule has 1 aliphatic rings. The third-order valence-corrected chi connectivity index (χ3v) is 5.87. The smallest absolute Gasteiger partial charge is 0.385 e. The molecule has 4 rings (SSSR count). The van der Waals surface area contributed by atoms with Crippen molar-refractivity contribution in [3.05, 3.63) is 64.9 Å². The van der Waals surface area contributed by atoms with Gasteiger partial charge in [-0.05, 0) is 38.0 Å². The summed E-state index contributed by atoms with van der Waals surface area (Å²) in [6.45, 7) is 3.06. The van der Waals surface area contributed by atoms with Crippen molar-refractivity contribution < 1.29 is 32.5 Å². The first kappa shape index (κ1) is 22.6. The number of alkyl halides is 3. The van der Waals surface area contributed by atoms with Crippen LogP contribution in [0.25, 0.3) is 5.65 Å². The van der Waals surface area contributed by atoms with Gasteiger partial charge in [0.2, 0.25) is 0 Å². The summed E-state index contributed by atoms with van der Waals surface area (Å²) in [6, 6.07) is 2.12. The van der Waals surface area contributed by atoms with E-state index in [0.717, 1.165) is 17.7 Å². The molecule has 3 heterocycles. The number of nitrogens with one attached hydrogen (secondary N) is 1. The predicted molar refractivity (Wildman–Crippen MR) is 105 cm³/mol. The molecule has 1 aromatic carbocycles. The molecule has 3 aromatic rings. The molecular formula is C21H22F4N4O3. The van der Waals surface area contributed by atoms with Gasteiger partial charge in [0.15, 0.2) is 5.65 Å².